The molecule has 2 rings (SSSR count). The third-order valence-corrected chi connectivity index (χ3v) is 2.41. The van der Waals surface area contributed by atoms with Crippen LogP contribution in [-0.4, -0.2) is 23.6 Å². The minimum Gasteiger partial charge on any atom is -0.508 e. The summed E-state index contributed by atoms with van der Waals surface area (Å²) in [5, 5.41) is 9.39. The largest absolute Gasteiger partial charge is 0.508 e. The highest BCUT2D eigenvalue weighted by Gasteiger charge is 2.42. The van der Waals surface area contributed by atoms with Crippen LogP contribution in [0.15, 0.2) is 12.1 Å². The molecule has 0 unspecified atom stereocenters. The molecule has 0 amide bonds. The summed E-state index contributed by atoms with van der Waals surface area (Å²) >= 11 is 0. The lowest BCUT2D eigenvalue weighted by atomic mass is 9.99. The molecule has 0 radical (unpaired) electrons. The first-order chi connectivity index (χ1) is 6.95. The van der Waals surface area contributed by atoms with Crippen molar-refractivity contribution in [3.8, 4) is 17.2 Å². The Morgan fingerprint density at radius 2 is 2.07 bits per heavy atom. The normalized spacial score (nSPS) is 17.1. The second-order valence-corrected chi connectivity index (χ2v) is 3.96. The topological polar surface area (TPSA) is 55.8 Å². The lowest BCUT2D eigenvalue weighted by Crippen LogP contribution is -2.32. The van der Waals surface area contributed by atoms with Gasteiger partial charge in [-0.2, -0.15) is 0 Å². The number of fused-ring (bicyclic) bond motifs is 1. The number of methoxy groups -OCH3 is 1. The first-order valence-electron chi connectivity index (χ1n) is 4.60. The summed E-state index contributed by atoms with van der Waals surface area (Å²) in [6.07, 6.45) is 0. The molecule has 0 saturated carbocycles. The molecular weight excluding hydrogens is 196 g/mol. The van der Waals surface area contributed by atoms with Crippen molar-refractivity contribution in [3.05, 3.63) is 17.7 Å². The van der Waals surface area contributed by atoms with Gasteiger partial charge < -0.3 is 14.6 Å². The molecule has 1 N–H and O–H groups in total. The van der Waals surface area contributed by atoms with Crippen LogP contribution in [0.1, 0.15) is 24.2 Å². The van der Waals surface area contributed by atoms with E-state index in [1.807, 2.05) is 0 Å². The Morgan fingerprint density at radius 1 is 1.40 bits per heavy atom. The molecule has 4 heteroatoms. The van der Waals surface area contributed by atoms with E-state index >= 15 is 0 Å². The number of phenolic OH excluding ortho intramolecular Hbond substituents is 1. The number of aromatic hydroxyl groups is 1. The van der Waals surface area contributed by atoms with Gasteiger partial charge in [0.15, 0.2) is 5.60 Å². The van der Waals surface area contributed by atoms with Gasteiger partial charge in [0.25, 0.3) is 0 Å². The molecule has 0 atom stereocenters. The van der Waals surface area contributed by atoms with Gasteiger partial charge in [0.2, 0.25) is 5.78 Å². The Balaban J connectivity index is 2.64. The number of ketones is 1. The summed E-state index contributed by atoms with van der Waals surface area (Å²) in [6, 6.07) is 2.83. The van der Waals surface area contributed by atoms with Gasteiger partial charge in [0, 0.05) is 12.1 Å². The van der Waals surface area contributed by atoms with Gasteiger partial charge in [-0.3, -0.25) is 4.79 Å². The van der Waals surface area contributed by atoms with Gasteiger partial charge in [-0.1, -0.05) is 0 Å². The zero-order valence-corrected chi connectivity index (χ0v) is 8.83. The second-order valence-electron chi connectivity index (χ2n) is 3.96. The van der Waals surface area contributed by atoms with E-state index in [4.69, 9.17) is 9.47 Å². The number of hydrogen-bond donors (Lipinski definition) is 1. The molecule has 1 heterocycles. The van der Waals surface area contributed by atoms with Crippen molar-refractivity contribution >= 4 is 5.78 Å². The van der Waals surface area contributed by atoms with Crippen LogP contribution in [0.3, 0.4) is 0 Å². The van der Waals surface area contributed by atoms with Crippen molar-refractivity contribution in [1.82, 2.24) is 0 Å². The van der Waals surface area contributed by atoms with Crippen LogP contribution < -0.4 is 9.47 Å². The fourth-order valence-corrected chi connectivity index (χ4v) is 1.66. The van der Waals surface area contributed by atoms with E-state index in [1.54, 1.807) is 13.8 Å². The SMILES string of the molecule is COc1cc(O)cc2c1C(=O)C(C)(C)O2. The van der Waals surface area contributed by atoms with E-state index < -0.39 is 5.60 Å². The first-order valence-corrected chi connectivity index (χ1v) is 4.60. The van der Waals surface area contributed by atoms with E-state index in [0.29, 0.717) is 17.1 Å². The van der Waals surface area contributed by atoms with Crippen molar-refractivity contribution < 1.29 is 19.4 Å². The van der Waals surface area contributed by atoms with E-state index in [0.717, 1.165) is 0 Å². The molecule has 0 fully saturated rings. The summed E-state index contributed by atoms with van der Waals surface area (Å²) < 4.78 is 10.5. The average molecular weight is 208 g/mol. The number of hydrogen-bond acceptors (Lipinski definition) is 4. The van der Waals surface area contributed by atoms with Crippen LogP contribution in [0.25, 0.3) is 0 Å². The third-order valence-electron chi connectivity index (χ3n) is 2.41. The summed E-state index contributed by atoms with van der Waals surface area (Å²) in [5.74, 6) is 0.618. The Bertz CT molecular complexity index is 434. The van der Waals surface area contributed by atoms with Crippen molar-refractivity contribution in [2.45, 2.75) is 19.4 Å². The van der Waals surface area contributed by atoms with E-state index in [1.165, 1.54) is 19.2 Å². The number of carbonyl (C=O) groups excluding carboxylic acids is 1. The van der Waals surface area contributed by atoms with E-state index in [2.05, 4.69) is 0 Å². The first kappa shape index (κ1) is 9.83. The molecule has 0 aromatic heterocycles. The van der Waals surface area contributed by atoms with Crippen LogP contribution in [0.4, 0.5) is 0 Å². The predicted octanol–water partition coefficient (Wildman–Crippen LogP) is 1.75. The molecule has 0 bridgehead atoms. The van der Waals surface area contributed by atoms with Crippen LogP contribution in [0, 0.1) is 0 Å². The molecule has 80 valence electrons. The van der Waals surface area contributed by atoms with Gasteiger partial charge in [0.05, 0.1) is 7.11 Å². The van der Waals surface area contributed by atoms with Crippen LogP contribution in [0.2, 0.25) is 0 Å². The van der Waals surface area contributed by atoms with Crippen molar-refractivity contribution in [3.63, 3.8) is 0 Å². The molecular formula is C11H12O4. The Labute approximate surface area is 87.4 Å². The number of carbonyl (C=O) groups is 1. The quantitative estimate of drug-likeness (QED) is 0.763. The molecule has 1 aromatic carbocycles. The number of ether oxygens (including phenoxy) is 2. The predicted molar refractivity (Wildman–Crippen MR) is 53.7 cm³/mol. The molecule has 1 aliphatic heterocycles. The molecule has 0 aliphatic carbocycles. The summed E-state index contributed by atoms with van der Waals surface area (Å²) in [5.41, 5.74) is -0.482. The molecule has 1 aliphatic rings. The average Bonchev–Trinajstić information content (AvgIpc) is 2.36. The van der Waals surface area contributed by atoms with Crippen LogP contribution >= 0.6 is 0 Å². The smallest absolute Gasteiger partial charge is 0.213 e. The lowest BCUT2D eigenvalue weighted by Gasteiger charge is -2.14. The van der Waals surface area contributed by atoms with Gasteiger partial charge in [-0.15, -0.1) is 0 Å². The molecule has 4 nitrogen and oxygen atoms in total. The minimum atomic E-state index is -0.886. The van der Waals surface area contributed by atoms with Gasteiger partial charge in [-0.25, -0.2) is 0 Å². The number of rotatable bonds is 1. The Hall–Kier alpha value is -1.71. The number of benzene rings is 1. The minimum absolute atomic E-state index is 0.0242. The molecule has 15 heavy (non-hydrogen) atoms. The van der Waals surface area contributed by atoms with E-state index in [9.17, 15) is 9.90 Å². The summed E-state index contributed by atoms with van der Waals surface area (Å²) in [7, 11) is 1.45. The molecule has 0 saturated heterocycles. The summed E-state index contributed by atoms with van der Waals surface area (Å²) in [4.78, 5) is 11.9. The monoisotopic (exact) mass is 208 g/mol. The molecule has 0 spiro atoms. The van der Waals surface area contributed by atoms with Gasteiger partial charge in [-0.05, 0) is 13.8 Å². The fraction of sp³-hybridized carbons (Fsp3) is 0.364. The van der Waals surface area contributed by atoms with Crippen molar-refractivity contribution in [2.24, 2.45) is 0 Å². The standard InChI is InChI=1S/C11H12O4/c1-11(2)10(13)9-7(14-3)4-6(12)5-8(9)15-11/h4-5,12H,1-3H3. The Morgan fingerprint density at radius 3 is 2.67 bits per heavy atom. The zero-order valence-electron chi connectivity index (χ0n) is 8.83. The van der Waals surface area contributed by atoms with Crippen molar-refractivity contribution in [1.29, 1.82) is 0 Å². The highest BCUT2D eigenvalue weighted by molar-refractivity contribution is 6.09. The Kier molecular flexibility index (Phi) is 1.89. The van der Waals surface area contributed by atoms with Crippen LogP contribution in [0.5, 0.6) is 17.2 Å². The maximum absolute atomic E-state index is 11.9. The fourth-order valence-electron chi connectivity index (χ4n) is 1.66. The zero-order chi connectivity index (χ0) is 11.2. The summed E-state index contributed by atoms with van der Waals surface area (Å²) in [6.45, 7) is 3.37. The van der Waals surface area contributed by atoms with Crippen molar-refractivity contribution in [2.75, 3.05) is 7.11 Å². The van der Waals surface area contributed by atoms with Gasteiger partial charge >= 0.3 is 0 Å². The number of phenols is 1. The highest BCUT2D eigenvalue weighted by atomic mass is 16.5. The number of Topliss-reactive ketones (excluding diaryl/α,β-unsaturated/α-hetero) is 1. The maximum Gasteiger partial charge on any atom is 0.213 e. The third kappa shape index (κ3) is 1.33. The van der Waals surface area contributed by atoms with E-state index in [-0.39, 0.29) is 11.5 Å². The van der Waals surface area contributed by atoms with Crippen LogP contribution in [-0.2, 0) is 0 Å². The molecule has 1 aromatic rings. The second kappa shape index (κ2) is 2.89. The van der Waals surface area contributed by atoms with Gasteiger partial charge in [0.1, 0.15) is 22.8 Å². The maximum atomic E-state index is 11.9. The highest BCUT2D eigenvalue weighted by Crippen LogP contribution is 2.42. The lowest BCUT2D eigenvalue weighted by molar-refractivity contribution is 0.0683.